The number of methoxy groups -OCH3 is 1. The number of carbonyl (C=O) groups is 1. The Morgan fingerprint density at radius 1 is 1.53 bits per heavy atom. The van der Waals surface area contributed by atoms with Crippen LogP contribution in [0, 0.1) is 11.6 Å². The number of hydrogen-bond acceptors (Lipinski definition) is 3. The fourth-order valence-corrected chi connectivity index (χ4v) is 2.48. The molecule has 1 aliphatic rings. The quantitative estimate of drug-likeness (QED) is 0.786. The van der Waals surface area contributed by atoms with Crippen molar-refractivity contribution >= 4 is 27.6 Å². The van der Waals surface area contributed by atoms with Gasteiger partial charge in [0.25, 0.3) is 0 Å². The first-order valence-corrected chi connectivity index (χ1v) is 5.83. The first kappa shape index (κ1) is 12.3. The van der Waals surface area contributed by atoms with Gasteiger partial charge in [0, 0.05) is 17.1 Å². The predicted octanol–water partition coefficient (Wildman–Crippen LogP) is 2.48. The van der Waals surface area contributed by atoms with E-state index in [0.29, 0.717) is 17.4 Å². The third kappa shape index (κ3) is 2.13. The Hall–Kier alpha value is -1.17. The van der Waals surface area contributed by atoms with E-state index in [9.17, 15) is 13.6 Å². The number of nitrogens with zero attached hydrogens (tertiary/aromatic N) is 1. The highest BCUT2D eigenvalue weighted by atomic mass is 79.9. The van der Waals surface area contributed by atoms with Gasteiger partial charge >= 0.3 is 5.97 Å². The van der Waals surface area contributed by atoms with E-state index in [1.165, 1.54) is 13.2 Å². The van der Waals surface area contributed by atoms with Crippen molar-refractivity contribution in [2.75, 3.05) is 18.6 Å². The van der Waals surface area contributed by atoms with Crippen molar-refractivity contribution in [3.05, 3.63) is 28.2 Å². The van der Waals surface area contributed by atoms with E-state index in [0.717, 1.165) is 6.07 Å². The normalized spacial score (nSPS) is 18.8. The van der Waals surface area contributed by atoms with Crippen LogP contribution in [0.1, 0.15) is 6.42 Å². The minimum Gasteiger partial charge on any atom is -0.467 e. The Kier molecular flexibility index (Phi) is 3.33. The van der Waals surface area contributed by atoms with E-state index >= 15 is 0 Å². The average molecular weight is 306 g/mol. The van der Waals surface area contributed by atoms with E-state index in [-0.39, 0.29) is 5.69 Å². The van der Waals surface area contributed by atoms with Gasteiger partial charge in [-0.05, 0) is 28.4 Å². The predicted molar refractivity (Wildman–Crippen MR) is 61.8 cm³/mol. The zero-order valence-corrected chi connectivity index (χ0v) is 10.6. The van der Waals surface area contributed by atoms with Crippen LogP contribution in [-0.2, 0) is 9.53 Å². The third-order valence-electron chi connectivity index (χ3n) is 2.76. The van der Waals surface area contributed by atoms with Crippen molar-refractivity contribution in [2.45, 2.75) is 12.5 Å². The Morgan fingerprint density at radius 2 is 2.24 bits per heavy atom. The summed E-state index contributed by atoms with van der Waals surface area (Å²) in [5.41, 5.74) is 0.202. The molecule has 1 atom stereocenters. The largest absolute Gasteiger partial charge is 0.467 e. The van der Waals surface area contributed by atoms with Gasteiger partial charge < -0.3 is 9.64 Å². The van der Waals surface area contributed by atoms with Crippen LogP contribution >= 0.6 is 15.9 Å². The molecule has 0 amide bonds. The molecule has 1 aromatic rings. The second-order valence-corrected chi connectivity index (χ2v) is 4.59. The molecule has 1 fully saturated rings. The molecule has 92 valence electrons. The highest BCUT2D eigenvalue weighted by Crippen LogP contribution is 2.36. The average Bonchev–Trinajstić information content (AvgIpc) is 2.21. The molecule has 1 saturated heterocycles. The summed E-state index contributed by atoms with van der Waals surface area (Å²) in [5.74, 6) is -1.76. The van der Waals surface area contributed by atoms with Gasteiger partial charge in [0.1, 0.15) is 11.9 Å². The molecule has 0 aromatic heterocycles. The molecule has 1 unspecified atom stereocenters. The van der Waals surface area contributed by atoms with E-state index in [4.69, 9.17) is 0 Å². The topological polar surface area (TPSA) is 29.5 Å². The molecule has 6 heteroatoms. The van der Waals surface area contributed by atoms with Crippen molar-refractivity contribution in [2.24, 2.45) is 0 Å². The molecule has 0 saturated carbocycles. The lowest BCUT2D eigenvalue weighted by Gasteiger charge is -2.41. The zero-order valence-electron chi connectivity index (χ0n) is 9.04. The summed E-state index contributed by atoms with van der Waals surface area (Å²) in [6.45, 7) is 0.543. The molecule has 0 bridgehead atoms. The summed E-state index contributed by atoms with van der Waals surface area (Å²) in [4.78, 5) is 13.0. The van der Waals surface area contributed by atoms with Crippen molar-refractivity contribution in [3.63, 3.8) is 0 Å². The maximum Gasteiger partial charge on any atom is 0.328 e. The number of esters is 1. The Labute approximate surface area is 105 Å². The van der Waals surface area contributed by atoms with E-state index in [1.54, 1.807) is 4.90 Å². The van der Waals surface area contributed by atoms with Gasteiger partial charge in [-0.25, -0.2) is 13.6 Å². The second-order valence-electron chi connectivity index (χ2n) is 3.74. The number of anilines is 1. The molecule has 0 aliphatic carbocycles. The minimum absolute atomic E-state index is 0.202. The maximum atomic E-state index is 13.7. The summed E-state index contributed by atoms with van der Waals surface area (Å²) in [6.07, 6.45) is 0.607. The number of carbonyl (C=O) groups excluding carboxylic acids is 1. The van der Waals surface area contributed by atoms with Crippen molar-refractivity contribution in [1.82, 2.24) is 0 Å². The Morgan fingerprint density at radius 3 is 2.71 bits per heavy atom. The van der Waals surface area contributed by atoms with E-state index in [2.05, 4.69) is 20.7 Å². The molecule has 1 heterocycles. The number of halogens is 3. The molecule has 3 nitrogen and oxygen atoms in total. The highest BCUT2D eigenvalue weighted by Gasteiger charge is 2.37. The zero-order chi connectivity index (χ0) is 12.6. The first-order chi connectivity index (χ1) is 8.04. The molecule has 0 spiro atoms. The number of ether oxygens (including phenoxy) is 1. The Balaban J connectivity index is 2.32. The van der Waals surface area contributed by atoms with Crippen LogP contribution in [0.3, 0.4) is 0 Å². The highest BCUT2D eigenvalue weighted by molar-refractivity contribution is 9.10. The molecule has 1 aliphatic heterocycles. The van der Waals surface area contributed by atoms with Crippen LogP contribution in [0.4, 0.5) is 14.5 Å². The molecule has 17 heavy (non-hydrogen) atoms. The van der Waals surface area contributed by atoms with Gasteiger partial charge in [0.15, 0.2) is 5.82 Å². The minimum atomic E-state index is -0.689. The molecular weight excluding hydrogens is 296 g/mol. The summed E-state index contributed by atoms with van der Waals surface area (Å²) in [5, 5.41) is 0. The van der Waals surface area contributed by atoms with Gasteiger partial charge in [-0.15, -0.1) is 0 Å². The van der Waals surface area contributed by atoms with E-state index in [1.807, 2.05) is 0 Å². The second kappa shape index (κ2) is 4.60. The van der Waals surface area contributed by atoms with Gasteiger partial charge in [0.2, 0.25) is 0 Å². The molecular formula is C11H10BrF2NO2. The van der Waals surface area contributed by atoms with Crippen molar-refractivity contribution < 1.29 is 18.3 Å². The first-order valence-electron chi connectivity index (χ1n) is 5.03. The van der Waals surface area contributed by atoms with Crippen LogP contribution in [0.5, 0.6) is 0 Å². The van der Waals surface area contributed by atoms with Crippen LogP contribution in [-0.4, -0.2) is 25.7 Å². The smallest absolute Gasteiger partial charge is 0.328 e. The fraction of sp³-hybridized carbons (Fsp3) is 0.364. The molecule has 0 radical (unpaired) electrons. The Bertz CT molecular complexity index is 444. The third-order valence-corrected chi connectivity index (χ3v) is 3.37. The summed E-state index contributed by atoms with van der Waals surface area (Å²) in [6, 6.07) is 1.48. The maximum absolute atomic E-state index is 13.7. The number of rotatable bonds is 2. The monoisotopic (exact) mass is 305 g/mol. The van der Waals surface area contributed by atoms with Gasteiger partial charge in [-0.2, -0.15) is 0 Å². The van der Waals surface area contributed by atoms with Crippen LogP contribution in [0.15, 0.2) is 16.6 Å². The SMILES string of the molecule is COC(=O)C1CCN1c1c(F)cc(F)cc1Br. The molecule has 0 N–H and O–H groups in total. The van der Waals surface area contributed by atoms with E-state index < -0.39 is 23.6 Å². The lowest BCUT2D eigenvalue weighted by Crippen LogP contribution is -2.53. The standard InChI is InChI=1S/C11H10BrF2NO2/c1-17-11(16)9-2-3-15(9)10-7(12)4-6(13)5-8(10)14/h4-5,9H,2-3H2,1H3. The van der Waals surface area contributed by atoms with Gasteiger partial charge in [0.05, 0.1) is 12.8 Å². The van der Waals surface area contributed by atoms with Gasteiger partial charge in [-0.3, -0.25) is 0 Å². The summed E-state index contributed by atoms with van der Waals surface area (Å²) in [7, 11) is 1.29. The fourth-order valence-electron chi connectivity index (χ4n) is 1.85. The van der Waals surface area contributed by atoms with Crippen molar-refractivity contribution in [1.29, 1.82) is 0 Å². The molecule has 2 rings (SSSR count). The summed E-state index contributed by atoms with van der Waals surface area (Å²) >= 11 is 3.10. The lowest BCUT2D eigenvalue weighted by molar-refractivity contribution is -0.143. The van der Waals surface area contributed by atoms with Crippen LogP contribution < -0.4 is 4.90 Å². The summed E-state index contributed by atoms with van der Waals surface area (Å²) < 4.78 is 31.5. The van der Waals surface area contributed by atoms with Gasteiger partial charge in [-0.1, -0.05) is 0 Å². The van der Waals surface area contributed by atoms with Crippen molar-refractivity contribution in [3.8, 4) is 0 Å². The molecule has 1 aromatic carbocycles. The number of hydrogen-bond donors (Lipinski definition) is 0. The lowest BCUT2D eigenvalue weighted by atomic mass is 10.0. The number of benzene rings is 1. The van der Waals surface area contributed by atoms with Crippen LogP contribution in [0.2, 0.25) is 0 Å². The van der Waals surface area contributed by atoms with Crippen LogP contribution in [0.25, 0.3) is 0 Å².